The summed E-state index contributed by atoms with van der Waals surface area (Å²) >= 11 is 4.20. The molecule has 0 aliphatic heterocycles. The van der Waals surface area contributed by atoms with E-state index in [0.717, 1.165) is 5.75 Å². The van der Waals surface area contributed by atoms with Gasteiger partial charge in [-0.3, -0.25) is 0 Å². The molecule has 0 rings (SSSR count). The summed E-state index contributed by atoms with van der Waals surface area (Å²) in [6.07, 6.45) is 14.2. The number of thiol groups is 1. The van der Waals surface area contributed by atoms with E-state index in [-0.39, 0.29) is 62.0 Å². The maximum Gasteiger partial charge on any atom is 1.00 e. The van der Waals surface area contributed by atoms with Crippen molar-refractivity contribution in [1.29, 1.82) is 0 Å². The van der Waals surface area contributed by atoms with Gasteiger partial charge in [0.2, 0.25) is 0 Å². The fraction of sp³-hybridized carbons (Fsp3) is 1.00. The van der Waals surface area contributed by atoms with Crippen LogP contribution in [0.2, 0.25) is 0 Å². The van der Waals surface area contributed by atoms with Crippen molar-refractivity contribution >= 4 is 12.6 Å². The van der Waals surface area contributed by atoms with E-state index < -0.39 is 0 Å². The molecule has 0 aromatic rings. The monoisotopic (exact) mass is 250 g/mol. The van der Waals surface area contributed by atoms with Crippen molar-refractivity contribution < 1.29 is 62.0 Å². The summed E-state index contributed by atoms with van der Waals surface area (Å²) in [6.45, 7) is 2.28. The van der Waals surface area contributed by atoms with Crippen molar-refractivity contribution in [2.45, 2.75) is 71.1 Å². The van der Waals surface area contributed by atoms with Crippen LogP contribution in [0.1, 0.15) is 74.0 Å². The summed E-state index contributed by atoms with van der Waals surface area (Å²) < 4.78 is 0. The van der Waals surface area contributed by atoms with Crippen LogP contribution in [0.25, 0.3) is 0 Å². The van der Waals surface area contributed by atoms with Crippen molar-refractivity contribution in [3.63, 3.8) is 0 Å². The largest absolute Gasteiger partial charge is 1.00 e. The fourth-order valence-electron chi connectivity index (χ4n) is 1.60. The van der Waals surface area contributed by atoms with E-state index in [2.05, 4.69) is 19.6 Å². The molecule has 0 N–H and O–H groups in total. The average molecular weight is 250 g/mol. The van der Waals surface area contributed by atoms with Crippen LogP contribution in [-0.2, 0) is 0 Å². The van der Waals surface area contributed by atoms with Gasteiger partial charge in [-0.2, -0.15) is 12.6 Å². The Labute approximate surface area is 150 Å². The van der Waals surface area contributed by atoms with E-state index in [1.807, 2.05) is 0 Å². The third-order valence-electron chi connectivity index (χ3n) is 2.51. The third kappa shape index (κ3) is 22.1. The van der Waals surface area contributed by atoms with Gasteiger partial charge in [0, 0.05) is 0 Å². The molecular formula is C12H28Na2S. The van der Waals surface area contributed by atoms with Crippen molar-refractivity contribution in [2.75, 3.05) is 5.75 Å². The topological polar surface area (TPSA) is 0 Å². The van der Waals surface area contributed by atoms with E-state index in [0.29, 0.717) is 0 Å². The minimum atomic E-state index is 0. The van der Waals surface area contributed by atoms with Crippen molar-refractivity contribution in [3.05, 3.63) is 0 Å². The Morgan fingerprint density at radius 1 is 0.667 bits per heavy atom. The molecule has 15 heavy (non-hydrogen) atoms. The Kier molecular flexibility index (Phi) is 32.5. The molecule has 0 radical (unpaired) electrons. The summed E-state index contributed by atoms with van der Waals surface area (Å²) in [6, 6.07) is 0. The minimum Gasteiger partial charge on any atom is -1.00 e. The molecule has 0 saturated heterocycles. The zero-order valence-electron chi connectivity index (χ0n) is 13.2. The van der Waals surface area contributed by atoms with Crippen LogP contribution < -0.4 is 59.1 Å². The second-order valence-electron chi connectivity index (χ2n) is 3.91. The van der Waals surface area contributed by atoms with E-state index in [9.17, 15) is 0 Å². The molecular weight excluding hydrogens is 222 g/mol. The molecule has 3 heteroatoms. The average Bonchev–Trinajstić information content (AvgIpc) is 2.16. The van der Waals surface area contributed by atoms with Gasteiger partial charge in [-0.1, -0.05) is 64.7 Å². The first-order valence-electron chi connectivity index (χ1n) is 6.02. The van der Waals surface area contributed by atoms with Gasteiger partial charge in [0.05, 0.1) is 0 Å². The van der Waals surface area contributed by atoms with Gasteiger partial charge in [-0.25, -0.2) is 0 Å². The van der Waals surface area contributed by atoms with Gasteiger partial charge in [-0.05, 0) is 12.2 Å². The van der Waals surface area contributed by atoms with Gasteiger partial charge in [0.25, 0.3) is 0 Å². The summed E-state index contributed by atoms with van der Waals surface area (Å²) in [7, 11) is 0. The van der Waals surface area contributed by atoms with Crippen LogP contribution >= 0.6 is 12.6 Å². The zero-order valence-corrected chi connectivity index (χ0v) is 16.1. The van der Waals surface area contributed by atoms with Crippen LogP contribution in [0.15, 0.2) is 0 Å². The predicted octanol–water partition coefficient (Wildman–Crippen LogP) is -0.930. The van der Waals surface area contributed by atoms with Crippen molar-refractivity contribution in [3.8, 4) is 0 Å². The first-order valence-corrected chi connectivity index (χ1v) is 6.66. The SMILES string of the molecule is CCCCCCCCCCCCS.[H-].[H-].[Na+].[Na+]. The second kappa shape index (κ2) is 21.6. The van der Waals surface area contributed by atoms with Gasteiger partial charge in [0.15, 0.2) is 0 Å². The molecule has 84 valence electrons. The Balaban J connectivity index is -0.000000120. The van der Waals surface area contributed by atoms with Crippen LogP contribution in [0, 0.1) is 0 Å². The number of unbranched alkanes of at least 4 members (excludes halogenated alkanes) is 9. The van der Waals surface area contributed by atoms with Crippen LogP contribution in [0.3, 0.4) is 0 Å². The quantitative estimate of drug-likeness (QED) is 0.289. The summed E-state index contributed by atoms with van der Waals surface area (Å²) in [5.74, 6) is 1.07. The van der Waals surface area contributed by atoms with Gasteiger partial charge >= 0.3 is 59.1 Å². The molecule has 0 aliphatic carbocycles. The minimum absolute atomic E-state index is 0. The van der Waals surface area contributed by atoms with E-state index in [1.54, 1.807) is 0 Å². The summed E-state index contributed by atoms with van der Waals surface area (Å²) in [5.41, 5.74) is 0. The molecule has 0 amide bonds. The number of rotatable bonds is 10. The number of hydrogen-bond donors (Lipinski definition) is 1. The first kappa shape index (κ1) is 22.5. The molecule has 0 aromatic heterocycles. The maximum atomic E-state index is 4.20. The molecule has 0 nitrogen and oxygen atoms in total. The molecule has 0 fully saturated rings. The summed E-state index contributed by atoms with van der Waals surface area (Å²) in [5, 5.41) is 0. The summed E-state index contributed by atoms with van der Waals surface area (Å²) in [4.78, 5) is 0. The Bertz CT molecular complexity index is 88.6. The second-order valence-corrected chi connectivity index (χ2v) is 4.35. The molecule has 0 saturated carbocycles. The Hall–Kier alpha value is 2.35. The van der Waals surface area contributed by atoms with Crippen LogP contribution in [-0.4, -0.2) is 5.75 Å². The van der Waals surface area contributed by atoms with Crippen LogP contribution in [0.4, 0.5) is 0 Å². The Morgan fingerprint density at radius 2 is 1.00 bits per heavy atom. The van der Waals surface area contributed by atoms with E-state index >= 15 is 0 Å². The van der Waals surface area contributed by atoms with Crippen LogP contribution in [0.5, 0.6) is 0 Å². The Morgan fingerprint density at radius 3 is 1.33 bits per heavy atom. The van der Waals surface area contributed by atoms with Gasteiger partial charge in [-0.15, -0.1) is 0 Å². The van der Waals surface area contributed by atoms with Gasteiger partial charge in [0.1, 0.15) is 0 Å². The first-order chi connectivity index (χ1) is 6.41. The predicted molar refractivity (Wildman–Crippen MR) is 67.9 cm³/mol. The van der Waals surface area contributed by atoms with E-state index in [1.165, 1.54) is 64.2 Å². The normalized spacial score (nSPS) is 9.20. The zero-order chi connectivity index (χ0) is 9.78. The molecule has 0 unspecified atom stereocenters. The maximum absolute atomic E-state index is 4.20. The fourth-order valence-corrected chi connectivity index (χ4v) is 1.82. The molecule has 0 bridgehead atoms. The third-order valence-corrected chi connectivity index (χ3v) is 2.83. The van der Waals surface area contributed by atoms with Gasteiger partial charge < -0.3 is 2.85 Å². The van der Waals surface area contributed by atoms with E-state index in [4.69, 9.17) is 0 Å². The van der Waals surface area contributed by atoms with Crippen molar-refractivity contribution in [2.24, 2.45) is 0 Å². The smallest absolute Gasteiger partial charge is 1.00 e. The van der Waals surface area contributed by atoms with Crippen molar-refractivity contribution in [1.82, 2.24) is 0 Å². The molecule has 0 aliphatic rings. The molecule has 0 spiro atoms. The molecule has 0 aromatic carbocycles. The molecule has 0 heterocycles. The number of hydrogen-bond acceptors (Lipinski definition) is 1. The standard InChI is InChI=1S/C12H26S.2Na.2H/c1-2-3-4-5-6-7-8-9-10-11-12-13;;;;/h13H,2-12H2,1H3;;;;/q;2*+1;2*-1. The molecule has 0 atom stereocenters.